The van der Waals surface area contributed by atoms with E-state index in [-0.39, 0.29) is 12.4 Å². The summed E-state index contributed by atoms with van der Waals surface area (Å²) in [5, 5.41) is 10.8. The zero-order valence-corrected chi connectivity index (χ0v) is 17.0. The van der Waals surface area contributed by atoms with Crippen LogP contribution in [0.3, 0.4) is 0 Å². The minimum atomic E-state index is 0.0828. The molecule has 30 heavy (non-hydrogen) atoms. The average Bonchev–Trinajstić information content (AvgIpc) is 2.77. The van der Waals surface area contributed by atoms with Gasteiger partial charge in [-0.05, 0) is 24.6 Å². The van der Waals surface area contributed by atoms with Gasteiger partial charge in [0.05, 0.1) is 18.3 Å². The van der Waals surface area contributed by atoms with Crippen LogP contribution in [0.4, 0.5) is 0 Å². The lowest BCUT2D eigenvalue weighted by Gasteiger charge is -2.16. The molecule has 5 nitrogen and oxygen atoms in total. The molecule has 0 bridgehead atoms. The average molecular weight is 401 g/mol. The molecule has 0 spiro atoms. The zero-order valence-electron chi connectivity index (χ0n) is 17.0. The zero-order chi connectivity index (χ0) is 20.9. The minimum absolute atomic E-state index is 0.0828. The fraction of sp³-hybridized carbons (Fsp3) is 0.160. The molecule has 0 fully saturated rings. The van der Waals surface area contributed by atoms with Crippen LogP contribution in [0, 0.1) is 6.92 Å². The maximum atomic E-state index is 9.84. The number of fused-ring (bicyclic) bond motifs is 1. The van der Waals surface area contributed by atoms with E-state index >= 15 is 0 Å². The number of methoxy groups -OCH3 is 1. The Bertz CT molecular complexity index is 1160. The molecule has 0 saturated heterocycles. The SMILES string of the molecule is COc1cc(O)cc(OCc2nc3ccccc3c(OCc3ccccc3)c2C)c1. The third kappa shape index (κ3) is 4.30. The van der Waals surface area contributed by atoms with Crippen LogP contribution >= 0.6 is 0 Å². The first kappa shape index (κ1) is 19.6. The Morgan fingerprint density at radius 2 is 1.57 bits per heavy atom. The Labute approximate surface area is 175 Å². The summed E-state index contributed by atoms with van der Waals surface area (Å²) in [4.78, 5) is 4.77. The maximum absolute atomic E-state index is 9.84. The summed E-state index contributed by atoms with van der Waals surface area (Å²) in [6.07, 6.45) is 0. The van der Waals surface area contributed by atoms with Gasteiger partial charge in [-0.25, -0.2) is 4.98 Å². The van der Waals surface area contributed by atoms with Crippen molar-refractivity contribution in [2.45, 2.75) is 20.1 Å². The van der Waals surface area contributed by atoms with Crippen LogP contribution in [0.15, 0.2) is 72.8 Å². The van der Waals surface area contributed by atoms with Gasteiger partial charge < -0.3 is 19.3 Å². The molecule has 0 radical (unpaired) electrons. The normalized spacial score (nSPS) is 10.7. The molecule has 1 heterocycles. The molecular weight excluding hydrogens is 378 g/mol. The van der Waals surface area contributed by atoms with Crippen molar-refractivity contribution in [1.82, 2.24) is 4.98 Å². The highest BCUT2D eigenvalue weighted by Gasteiger charge is 2.14. The van der Waals surface area contributed by atoms with Crippen molar-refractivity contribution in [3.63, 3.8) is 0 Å². The smallest absolute Gasteiger partial charge is 0.134 e. The van der Waals surface area contributed by atoms with Crippen molar-refractivity contribution < 1.29 is 19.3 Å². The summed E-state index contributed by atoms with van der Waals surface area (Å²) < 4.78 is 17.3. The number of aromatic nitrogens is 1. The Kier molecular flexibility index (Phi) is 5.70. The van der Waals surface area contributed by atoms with E-state index in [9.17, 15) is 5.11 Å². The number of pyridine rings is 1. The number of hydrogen-bond donors (Lipinski definition) is 1. The third-order valence-corrected chi connectivity index (χ3v) is 4.88. The number of phenols is 1. The van der Waals surface area contributed by atoms with E-state index in [1.54, 1.807) is 19.2 Å². The van der Waals surface area contributed by atoms with Crippen molar-refractivity contribution in [2.24, 2.45) is 0 Å². The van der Waals surface area contributed by atoms with E-state index in [0.717, 1.165) is 33.5 Å². The molecule has 1 aromatic heterocycles. The lowest BCUT2D eigenvalue weighted by Crippen LogP contribution is -2.05. The second-order valence-electron chi connectivity index (χ2n) is 6.96. The van der Waals surface area contributed by atoms with E-state index in [0.29, 0.717) is 18.1 Å². The van der Waals surface area contributed by atoms with Crippen molar-refractivity contribution in [3.8, 4) is 23.0 Å². The molecule has 5 heteroatoms. The Balaban J connectivity index is 1.63. The minimum Gasteiger partial charge on any atom is -0.508 e. The van der Waals surface area contributed by atoms with Gasteiger partial charge in [-0.3, -0.25) is 0 Å². The van der Waals surface area contributed by atoms with Crippen LogP contribution in [-0.4, -0.2) is 17.2 Å². The van der Waals surface area contributed by atoms with Gasteiger partial charge in [-0.2, -0.15) is 0 Å². The highest BCUT2D eigenvalue weighted by Crippen LogP contribution is 2.32. The van der Waals surface area contributed by atoms with Crippen molar-refractivity contribution >= 4 is 10.9 Å². The largest absolute Gasteiger partial charge is 0.508 e. The van der Waals surface area contributed by atoms with Gasteiger partial charge in [0.15, 0.2) is 0 Å². The topological polar surface area (TPSA) is 60.8 Å². The molecule has 3 aromatic carbocycles. The van der Waals surface area contributed by atoms with Crippen LogP contribution < -0.4 is 14.2 Å². The van der Waals surface area contributed by atoms with E-state index in [1.165, 1.54) is 6.07 Å². The quantitative estimate of drug-likeness (QED) is 0.448. The molecule has 4 aromatic rings. The number of ether oxygens (including phenoxy) is 3. The molecule has 0 atom stereocenters. The van der Waals surface area contributed by atoms with Gasteiger partial charge in [0, 0.05) is 29.1 Å². The molecule has 0 unspecified atom stereocenters. The number of nitrogens with zero attached hydrogens (tertiary/aromatic N) is 1. The van der Waals surface area contributed by atoms with Gasteiger partial charge in [0.25, 0.3) is 0 Å². The molecule has 4 rings (SSSR count). The van der Waals surface area contributed by atoms with Crippen molar-refractivity contribution in [3.05, 3.63) is 89.6 Å². The number of para-hydroxylation sites is 1. The third-order valence-electron chi connectivity index (χ3n) is 4.88. The van der Waals surface area contributed by atoms with Crippen molar-refractivity contribution in [1.29, 1.82) is 0 Å². The monoisotopic (exact) mass is 401 g/mol. The van der Waals surface area contributed by atoms with E-state index in [2.05, 4.69) is 0 Å². The molecule has 0 aliphatic heterocycles. The van der Waals surface area contributed by atoms with Crippen LogP contribution in [-0.2, 0) is 13.2 Å². The van der Waals surface area contributed by atoms with Gasteiger partial charge in [0.2, 0.25) is 0 Å². The van der Waals surface area contributed by atoms with Crippen LogP contribution in [0.2, 0.25) is 0 Å². The first-order chi connectivity index (χ1) is 14.6. The molecule has 0 saturated carbocycles. The van der Waals surface area contributed by atoms with E-state index < -0.39 is 0 Å². The van der Waals surface area contributed by atoms with Crippen LogP contribution in [0.25, 0.3) is 10.9 Å². The second-order valence-corrected chi connectivity index (χ2v) is 6.96. The summed E-state index contributed by atoms with van der Waals surface area (Å²) in [5.74, 6) is 1.92. The first-order valence-corrected chi connectivity index (χ1v) is 9.70. The van der Waals surface area contributed by atoms with Crippen LogP contribution in [0.1, 0.15) is 16.8 Å². The van der Waals surface area contributed by atoms with E-state index in [1.807, 2.05) is 61.5 Å². The molecule has 0 amide bonds. The van der Waals surface area contributed by atoms with E-state index in [4.69, 9.17) is 19.2 Å². The van der Waals surface area contributed by atoms with Gasteiger partial charge in [-0.1, -0.05) is 42.5 Å². The summed E-state index contributed by atoms with van der Waals surface area (Å²) in [6.45, 7) is 2.70. The predicted octanol–water partition coefficient (Wildman–Crippen LogP) is 5.42. The molecular formula is C25H23NO4. The number of benzene rings is 3. The van der Waals surface area contributed by atoms with Gasteiger partial charge in [-0.15, -0.1) is 0 Å². The molecule has 152 valence electrons. The highest BCUT2D eigenvalue weighted by molar-refractivity contribution is 5.86. The highest BCUT2D eigenvalue weighted by atomic mass is 16.5. The number of aromatic hydroxyl groups is 1. The summed E-state index contributed by atoms with van der Waals surface area (Å²) in [5.41, 5.74) is 3.65. The second kappa shape index (κ2) is 8.74. The van der Waals surface area contributed by atoms with Gasteiger partial charge in [0.1, 0.15) is 36.2 Å². The number of rotatable bonds is 7. The lowest BCUT2D eigenvalue weighted by molar-refractivity contribution is 0.289. The fourth-order valence-electron chi connectivity index (χ4n) is 3.29. The molecule has 1 N–H and O–H groups in total. The van der Waals surface area contributed by atoms with Gasteiger partial charge >= 0.3 is 0 Å². The van der Waals surface area contributed by atoms with Crippen LogP contribution in [0.5, 0.6) is 23.0 Å². The molecule has 0 aliphatic carbocycles. The Morgan fingerprint density at radius 3 is 2.37 bits per heavy atom. The number of hydrogen-bond acceptors (Lipinski definition) is 5. The lowest BCUT2D eigenvalue weighted by atomic mass is 10.1. The standard InChI is InChI=1S/C25H23NO4/c1-17-24(16-29-21-13-19(27)12-20(14-21)28-2)26-23-11-7-6-10-22(23)25(17)30-15-18-8-4-3-5-9-18/h3-14,27H,15-16H2,1-2H3. The molecule has 0 aliphatic rings. The Morgan fingerprint density at radius 1 is 0.833 bits per heavy atom. The maximum Gasteiger partial charge on any atom is 0.134 e. The Hall–Kier alpha value is -3.73. The predicted molar refractivity (Wildman–Crippen MR) is 116 cm³/mol. The first-order valence-electron chi connectivity index (χ1n) is 9.70. The number of phenolic OH excluding ortho intramolecular Hbond substituents is 1. The summed E-state index contributed by atoms with van der Waals surface area (Å²) in [6, 6.07) is 22.8. The summed E-state index contributed by atoms with van der Waals surface area (Å²) in [7, 11) is 1.55. The van der Waals surface area contributed by atoms with Crippen molar-refractivity contribution in [2.75, 3.05) is 7.11 Å². The summed E-state index contributed by atoms with van der Waals surface area (Å²) >= 11 is 0. The fourth-order valence-corrected chi connectivity index (χ4v) is 3.29.